The van der Waals surface area contributed by atoms with Crippen molar-refractivity contribution in [3.8, 4) is 11.5 Å². The van der Waals surface area contributed by atoms with E-state index in [0.717, 1.165) is 24.4 Å². The fourth-order valence-electron chi connectivity index (χ4n) is 3.99. The van der Waals surface area contributed by atoms with E-state index < -0.39 is 5.97 Å². The standard InChI is InChI=1S/C27H29NO7.ClH/c1-18-21-9-11-23(34-17-14-28-12-15-33-16-13-28)24(26(21)35-25(18)27(30)32-3)22(29)10-6-19-4-7-20(31-2)8-5-19;/h4-11H,12-17H2,1-3H3;1H/b10-6+;. The predicted molar refractivity (Wildman–Crippen MR) is 139 cm³/mol. The number of morpholine rings is 1. The van der Waals surface area contributed by atoms with Gasteiger partial charge in [-0.3, -0.25) is 9.69 Å². The van der Waals surface area contributed by atoms with Crippen LogP contribution in [0.25, 0.3) is 17.0 Å². The summed E-state index contributed by atoms with van der Waals surface area (Å²) in [5.74, 6) is 0.315. The second kappa shape index (κ2) is 12.6. The van der Waals surface area contributed by atoms with E-state index in [0.29, 0.717) is 48.6 Å². The van der Waals surface area contributed by atoms with Crippen molar-refractivity contribution >= 4 is 41.2 Å². The van der Waals surface area contributed by atoms with Crippen molar-refractivity contribution in [2.24, 2.45) is 0 Å². The number of methoxy groups -OCH3 is 2. The maximum Gasteiger partial charge on any atom is 0.374 e. The largest absolute Gasteiger partial charge is 0.497 e. The lowest BCUT2D eigenvalue weighted by molar-refractivity contribution is 0.0322. The molecule has 0 radical (unpaired) electrons. The Kier molecular flexibility index (Phi) is 9.52. The van der Waals surface area contributed by atoms with Crippen LogP contribution in [0.3, 0.4) is 0 Å². The van der Waals surface area contributed by atoms with Crippen LogP contribution >= 0.6 is 12.4 Å². The van der Waals surface area contributed by atoms with E-state index in [1.807, 2.05) is 24.3 Å². The van der Waals surface area contributed by atoms with Gasteiger partial charge in [-0.15, -0.1) is 12.4 Å². The van der Waals surface area contributed by atoms with Gasteiger partial charge in [0, 0.05) is 30.6 Å². The zero-order valence-electron chi connectivity index (χ0n) is 20.6. The third-order valence-corrected chi connectivity index (χ3v) is 6.00. The molecule has 1 aliphatic rings. The molecule has 1 saturated heterocycles. The van der Waals surface area contributed by atoms with Gasteiger partial charge in [-0.25, -0.2) is 4.79 Å². The molecule has 36 heavy (non-hydrogen) atoms. The molecule has 1 fully saturated rings. The first kappa shape index (κ1) is 27.3. The van der Waals surface area contributed by atoms with Crippen LogP contribution in [0.5, 0.6) is 11.5 Å². The third kappa shape index (κ3) is 6.07. The Balaban J connectivity index is 0.00000361. The summed E-state index contributed by atoms with van der Waals surface area (Å²) < 4.78 is 27.3. The van der Waals surface area contributed by atoms with Crippen LogP contribution in [-0.4, -0.2) is 70.3 Å². The number of aryl methyl sites for hydroxylation is 1. The number of benzene rings is 2. The Labute approximate surface area is 216 Å². The van der Waals surface area contributed by atoms with Gasteiger partial charge in [-0.2, -0.15) is 0 Å². The van der Waals surface area contributed by atoms with E-state index in [4.69, 9.17) is 23.4 Å². The number of ketones is 1. The van der Waals surface area contributed by atoms with Gasteiger partial charge in [-0.05, 0) is 42.8 Å². The molecule has 2 heterocycles. The first-order chi connectivity index (χ1) is 17.0. The highest BCUT2D eigenvalue weighted by molar-refractivity contribution is 6.16. The van der Waals surface area contributed by atoms with Crippen LogP contribution < -0.4 is 9.47 Å². The zero-order valence-corrected chi connectivity index (χ0v) is 21.4. The average Bonchev–Trinajstić information content (AvgIpc) is 3.23. The summed E-state index contributed by atoms with van der Waals surface area (Å²) in [6.45, 7) is 5.97. The topological polar surface area (TPSA) is 87.4 Å². The number of furan rings is 1. The van der Waals surface area contributed by atoms with Gasteiger partial charge in [0.05, 0.1) is 27.4 Å². The van der Waals surface area contributed by atoms with Gasteiger partial charge in [0.1, 0.15) is 29.3 Å². The van der Waals surface area contributed by atoms with Crippen molar-refractivity contribution in [3.05, 3.63) is 64.9 Å². The third-order valence-electron chi connectivity index (χ3n) is 6.00. The monoisotopic (exact) mass is 515 g/mol. The first-order valence-corrected chi connectivity index (χ1v) is 11.5. The molecule has 3 aromatic rings. The van der Waals surface area contributed by atoms with Crippen LogP contribution in [0, 0.1) is 6.92 Å². The van der Waals surface area contributed by atoms with Crippen LogP contribution in [-0.2, 0) is 9.47 Å². The molecule has 1 aromatic heterocycles. The quantitative estimate of drug-likeness (QED) is 0.233. The molecule has 0 saturated carbocycles. The average molecular weight is 516 g/mol. The highest BCUT2D eigenvalue weighted by Crippen LogP contribution is 2.34. The summed E-state index contributed by atoms with van der Waals surface area (Å²) in [6, 6.07) is 10.9. The molecule has 192 valence electrons. The van der Waals surface area contributed by atoms with Crippen LogP contribution in [0.4, 0.5) is 0 Å². The van der Waals surface area contributed by atoms with Crippen molar-refractivity contribution < 1.29 is 33.0 Å². The molecule has 9 heteroatoms. The Bertz CT molecular complexity index is 1230. The number of ether oxygens (including phenoxy) is 4. The number of rotatable bonds is 9. The number of nitrogens with zero attached hydrogens (tertiary/aromatic N) is 1. The number of halogens is 1. The second-order valence-electron chi connectivity index (χ2n) is 8.14. The van der Waals surface area contributed by atoms with E-state index in [-0.39, 0.29) is 29.5 Å². The summed E-state index contributed by atoms with van der Waals surface area (Å²) in [7, 11) is 2.89. The van der Waals surface area contributed by atoms with Crippen LogP contribution in [0.2, 0.25) is 0 Å². The van der Waals surface area contributed by atoms with Gasteiger partial charge >= 0.3 is 5.97 Å². The van der Waals surface area contributed by atoms with Gasteiger partial charge in [0.15, 0.2) is 5.78 Å². The molecule has 4 rings (SSSR count). The van der Waals surface area contributed by atoms with Crippen molar-refractivity contribution in [2.45, 2.75) is 6.92 Å². The lowest BCUT2D eigenvalue weighted by atomic mass is 10.0. The van der Waals surface area contributed by atoms with E-state index in [9.17, 15) is 9.59 Å². The van der Waals surface area contributed by atoms with Crippen molar-refractivity contribution in [1.82, 2.24) is 4.90 Å². The summed E-state index contributed by atoms with van der Waals surface area (Å²) in [5.41, 5.74) is 2.02. The molecule has 8 nitrogen and oxygen atoms in total. The number of hydrogen-bond donors (Lipinski definition) is 0. The molecule has 0 unspecified atom stereocenters. The van der Waals surface area contributed by atoms with E-state index >= 15 is 0 Å². The number of fused-ring (bicyclic) bond motifs is 1. The number of hydrogen-bond acceptors (Lipinski definition) is 8. The summed E-state index contributed by atoms with van der Waals surface area (Å²) >= 11 is 0. The Morgan fingerprint density at radius 3 is 2.44 bits per heavy atom. The van der Waals surface area contributed by atoms with Crippen LogP contribution in [0.1, 0.15) is 32.0 Å². The molecule has 0 atom stereocenters. The highest BCUT2D eigenvalue weighted by Gasteiger charge is 2.25. The smallest absolute Gasteiger partial charge is 0.374 e. The molecule has 0 bridgehead atoms. The lowest BCUT2D eigenvalue weighted by Gasteiger charge is -2.26. The lowest BCUT2D eigenvalue weighted by Crippen LogP contribution is -2.38. The number of allylic oxidation sites excluding steroid dienone is 1. The predicted octanol–water partition coefficient (Wildman–Crippen LogP) is 4.57. The zero-order chi connectivity index (χ0) is 24.8. The number of carbonyl (C=O) groups is 2. The van der Waals surface area contributed by atoms with Gasteiger partial charge in [0.2, 0.25) is 5.76 Å². The van der Waals surface area contributed by atoms with Crippen LogP contribution in [0.15, 0.2) is 46.9 Å². The first-order valence-electron chi connectivity index (χ1n) is 11.5. The fraction of sp³-hybridized carbons (Fsp3) is 0.333. The molecule has 0 aliphatic carbocycles. The normalized spacial score (nSPS) is 14.0. The maximum atomic E-state index is 13.4. The molecule has 0 amide bonds. The fourth-order valence-corrected chi connectivity index (χ4v) is 3.99. The Morgan fingerprint density at radius 1 is 1.06 bits per heavy atom. The minimum absolute atomic E-state index is 0. The summed E-state index contributed by atoms with van der Waals surface area (Å²) in [5, 5.41) is 0.659. The highest BCUT2D eigenvalue weighted by atomic mass is 35.5. The summed E-state index contributed by atoms with van der Waals surface area (Å²) in [6.07, 6.45) is 3.19. The van der Waals surface area contributed by atoms with Gasteiger partial charge in [-0.1, -0.05) is 18.2 Å². The Morgan fingerprint density at radius 2 is 1.78 bits per heavy atom. The van der Waals surface area contributed by atoms with E-state index in [1.54, 1.807) is 32.2 Å². The molecule has 1 aliphatic heterocycles. The number of esters is 1. The van der Waals surface area contributed by atoms with E-state index in [2.05, 4.69) is 4.90 Å². The summed E-state index contributed by atoms with van der Waals surface area (Å²) in [4.78, 5) is 27.9. The molecule has 2 aromatic carbocycles. The Hall–Kier alpha value is -3.33. The maximum absolute atomic E-state index is 13.4. The molecule has 0 spiro atoms. The van der Waals surface area contributed by atoms with E-state index in [1.165, 1.54) is 13.2 Å². The molecule has 0 N–H and O–H groups in total. The van der Waals surface area contributed by atoms with Gasteiger partial charge < -0.3 is 23.4 Å². The SMILES string of the molecule is COC(=O)c1oc2c(C(=O)/C=C/c3ccc(OC)cc3)c(OCCN3CCOCC3)ccc2c1C.Cl. The number of carbonyl (C=O) groups excluding carboxylic acids is 2. The van der Waals surface area contributed by atoms with Crippen molar-refractivity contribution in [2.75, 3.05) is 53.7 Å². The van der Waals surface area contributed by atoms with Crippen molar-refractivity contribution in [1.29, 1.82) is 0 Å². The minimum Gasteiger partial charge on any atom is -0.497 e. The van der Waals surface area contributed by atoms with Crippen molar-refractivity contribution in [3.63, 3.8) is 0 Å². The van der Waals surface area contributed by atoms with Gasteiger partial charge in [0.25, 0.3) is 0 Å². The molecular weight excluding hydrogens is 486 g/mol. The molecular formula is C27H30ClNO7. The minimum atomic E-state index is -0.597. The second-order valence-corrected chi connectivity index (χ2v) is 8.14.